The van der Waals surface area contributed by atoms with Crippen LogP contribution in [0.3, 0.4) is 0 Å². The summed E-state index contributed by atoms with van der Waals surface area (Å²) in [5, 5.41) is 2.99. The fourth-order valence-corrected chi connectivity index (χ4v) is 3.33. The Morgan fingerprint density at radius 1 is 1.22 bits per heavy atom. The fraction of sp³-hybridized carbons (Fsp3) is 0.450. The van der Waals surface area contributed by atoms with E-state index in [1.807, 2.05) is 6.92 Å². The van der Waals surface area contributed by atoms with Gasteiger partial charge in [-0.2, -0.15) is 0 Å². The van der Waals surface area contributed by atoms with Crippen molar-refractivity contribution in [2.45, 2.75) is 39.0 Å². The van der Waals surface area contributed by atoms with Crippen LogP contribution in [0, 0.1) is 5.92 Å². The van der Waals surface area contributed by atoms with Crippen molar-refractivity contribution in [3.05, 3.63) is 41.2 Å². The van der Waals surface area contributed by atoms with Gasteiger partial charge in [-0.25, -0.2) is 9.97 Å². The molecule has 0 radical (unpaired) electrons. The number of nitrogens with zero attached hydrogens (tertiary/aromatic N) is 2. The van der Waals surface area contributed by atoms with Crippen LogP contribution in [-0.2, 0) is 0 Å². The molecule has 144 valence electrons. The number of rotatable bonds is 7. The normalized spacial score (nSPS) is 14.6. The van der Waals surface area contributed by atoms with E-state index in [4.69, 9.17) is 21.1 Å². The summed E-state index contributed by atoms with van der Waals surface area (Å²) < 4.78 is 11.3. The number of carbonyl (C=O) groups is 1. The van der Waals surface area contributed by atoms with Gasteiger partial charge in [0.1, 0.15) is 0 Å². The number of nitrogens with one attached hydrogen (secondary N) is 1. The highest BCUT2D eigenvalue weighted by Gasteiger charge is 2.18. The van der Waals surface area contributed by atoms with Gasteiger partial charge in [-0.1, -0.05) is 30.9 Å². The lowest BCUT2D eigenvalue weighted by molar-refractivity contribution is 0.102. The molecule has 1 aliphatic rings. The Balaban J connectivity index is 1.70. The smallest absolute Gasteiger partial charge is 0.277 e. The summed E-state index contributed by atoms with van der Waals surface area (Å²) in [5.74, 6) is 1.36. The van der Waals surface area contributed by atoms with Crippen LogP contribution in [0.25, 0.3) is 0 Å². The molecule has 0 bridgehead atoms. The molecule has 0 spiro atoms. The van der Waals surface area contributed by atoms with Crippen LogP contribution >= 0.6 is 11.6 Å². The predicted molar refractivity (Wildman–Crippen MR) is 105 cm³/mol. The van der Waals surface area contributed by atoms with Gasteiger partial charge < -0.3 is 14.8 Å². The molecule has 1 N–H and O–H groups in total. The van der Waals surface area contributed by atoms with E-state index in [0.29, 0.717) is 36.6 Å². The van der Waals surface area contributed by atoms with E-state index in [1.54, 1.807) is 30.5 Å². The molecule has 1 aliphatic carbocycles. The molecule has 0 saturated heterocycles. The molecule has 3 rings (SSSR count). The van der Waals surface area contributed by atoms with Crippen molar-refractivity contribution >= 4 is 23.3 Å². The molecule has 0 unspecified atom stereocenters. The zero-order chi connectivity index (χ0) is 19.1. The third-order valence-electron chi connectivity index (χ3n) is 4.53. The van der Waals surface area contributed by atoms with E-state index in [1.165, 1.54) is 32.1 Å². The average Bonchev–Trinajstić information content (AvgIpc) is 2.69. The molecule has 2 heterocycles. The van der Waals surface area contributed by atoms with E-state index < -0.39 is 5.91 Å². The van der Waals surface area contributed by atoms with Crippen LogP contribution in [0.1, 0.15) is 49.5 Å². The summed E-state index contributed by atoms with van der Waals surface area (Å²) in [6, 6.07) is 6.80. The Morgan fingerprint density at radius 2 is 2.04 bits per heavy atom. The number of amides is 1. The largest absolute Gasteiger partial charge is 0.489 e. The Hall–Kier alpha value is -2.34. The first-order chi connectivity index (χ1) is 13.2. The molecule has 2 aromatic heterocycles. The molecule has 0 aliphatic heterocycles. The molecule has 1 fully saturated rings. The third-order valence-corrected chi connectivity index (χ3v) is 4.83. The Morgan fingerprint density at radius 3 is 2.81 bits per heavy atom. The summed E-state index contributed by atoms with van der Waals surface area (Å²) in [5.41, 5.74) is 0.0894. The van der Waals surface area contributed by atoms with Crippen LogP contribution in [0.15, 0.2) is 30.5 Å². The van der Waals surface area contributed by atoms with Gasteiger partial charge in [0.05, 0.1) is 18.2 Å². The van der Waals surface area contributed by atoms with Gasteiger partial charge in [0.2, 0.25) is 5.88 Å². The average molecular weight is 390 g/mol. The lowest BCUT2D eigenvalue weighted by Gasteiger charge is -2.22. The maximum absolute atomic E-state index is 12.6. The number of carbonyl (C=O) groups excluding carboxylic acids is 1. The van der Waals surface area contributed by atoms with E-state index in [-0.39, 0.29) is 10.7 Å². The van der Waals surface area contributed by atoms with Crippen molar-refractivity contribution in [3.63, 3.8) is 0 Å². The summed E-state index contributed by atoms with van der Waals surface area (Å²) in [6.45, 7) is 2.93. The molecular formula is C20H24ClN3O3. The monoisotopic (exact) mass is 389 g/mol. The molecule has 1 amide bonds. The molecule has 0 atom stereocenters. The zero-order valence-corrected chi connectivity index (χ0v) is 16.2. The Kier molecular flexibility index (Phi) is 6.87. The van der Waals surface area contributed by atoms with Crippen LogP contribution in [0.2, 0.25) is 5.02 Å². The molecule has 0 aromatic carbocycles. The van der Waals surface area contributed by atoms with Crippen LogP contribution < -0.4 is 14.8 Å². The quantitative estimate of drug-likeness (QED) is 0.740. The molecule has 2 aromatic rings. The predicted octanol–water partition coefficient (Wildman–Crippen LogP) is 4.74. The SMILES string of the molecule is CCOc1ccc(Cl)c(C(=O)Nc2ncccc2OCC2CCCCC2)n1. The topological polar surface area (TPSA) is 73.3 Å². The lowest BCUT2D eigenvalue weighted by atomic mass is 9.90. The first-order valence-electron chi connectivity index (χ1n) is 9.36. The van der Waals surface area contributed by atoms with Crippen molar-refractivity contribution in [1.29, 1.82) is 0 Å². The molecule has 27 heavy (non-hydrogen) atoms. The Labute approximate surface area is 164 Å². The highest BCUT2D eigenvalue weighted by molar-refractivity contribution is 6.34. The van der Waals surface area contributed by atoms with Gasteiger partial charge in [-0.3, -0.25) is 4.79 Å². The number of halogens is 1. The van der Waals surface area contributed by atoms with Gasteiger partial charge in [-0.05, 0) is 43.9 Å². The summed E-state index contributed by atoms with van der Waals surface area (Å²) in [7, 11) is 0. The van der Waals surface area contributed by atoms with Crippen molar-refractivity contribution < 1.29 is 14.3 Å². The number of hydrogen-bond donors (Lipinski definition) is 1. The second-order valence-corrected chi connectivity index (χ2v) is 6.94. The van der Waals surface area contributed by atoms with E-state index >= 15 is 0 Å². The van der Waals surface area contributed by atoms with Gasteiger partial charge in [0.15, 0.2) is 17.3 Å². The van der Waals surface area contributed by atoms with Crippen molar-refractivity contribution in [2.24, 2.45) is 5.92 Å². The Bertz CT molecular complexity index is 779. The summed E-state index contributed by atoms with van der Waals surface area (Å²) in [4.78, 5) is 21.1. The van der Waals surface area contributed by atoms with Gasteiger partial charge in [0.25, 0.3) is 5.91 Å². The van der Waals surface area contributed by atoms with Gasteiger partial charge in [0, 0.05) is 12.3 Å². The first-order valence-corrected chi connectivity index (χ1v) is 9.73. The number of pyridine rings is 2. The van der Waals surface area contributed by atoms with Crippen LogP contribution in [-0.4, -0.2) is 29.1 Å². The maximum Gasteiger partial charge on any atom is 0.277 e. The standard InChI is InChI=1S/C20H24ClN3O3/c1-2-26-17-11-10-15(21)18(23-17)20(25)24-19-16(9-6-12-22-19)27-13-14-7-4-3-5-8-14/h6,9-12,14H,2-5,7-8,13H2,1H3,(H,22,24,25). The number of anilines is 1. The molecule has 1 saturated carbocycles. The summed E-state index contributed by atoms with van der Waals surface area (Å²) in [6.07, 6.45) is 7.79. The fourth-order valence-electron chi connectivity index (χ4n) is 3.14. The van der Waals surface area contributed by atoms with Crippen LogP contribution in [0.5, 0.6) is 11.6 Å². The number of aromatic nitrogens is 2. The van der Waals surface area contributed by atoms with E-state index in [9.17, 15) is 4.79 Å². The van der Waals surface area contributed by atoms with Crippen molar-refractivity contribution in [2.75, 3.05) is 18.5 Å². The van der Waals surface area contributed by atoms with Crippen LogP contribution in [0.4, 0.5) is 5.82 Å². The van der Waals surface area contributed by atoms with E-state index in [0.717, 1.165) is 0 Å². The molecule has 6 nitrogen and oxygen atoms in total. The molecular weight excluding hydrogens is 366 g/mol. The third kappa shape index (κ3) is 5.32. The van der Waals surface area contributed by atoms with Gasteiger partial charge in [-0.15, -0.1) is 0 Å². The minimum absolute atomic E-state index is 0.0894. The summed E-state index contributed by atoms with van der Waals surface area (Å²) >= 11 is 6.13. The van der Waals surface area contributed by atoms with Crippen molar-refractivity contribution in [1.82, 2.24) is 9.97 Å². The zero-order valence-electron chi connectivity index (χ0n) is 15.4. The van der Waals surface area contributed by atoms with Gasteiger partial charge >= 0.3 is 0 Å². The highest BCUT2D eigenvalue weighted by Crippen LogP contribution is 2.27. The maximum atomic E-state index is 12.6. The minimum Gasteiger partial charge on any atom is -0.489 e. The lowest BCUT2D eigenvalue weighted by Crippen LogP contribution is -2.18. The highest BCUT2D eigenvalue weighted by atomic mass is 35.5. The number of hydrogen-bond acceptors (Lipinski definition) is 5. The second-order valence-electron chi connectivity index (χ2n) is 6.53. The first kappa shape index (κ1) is 19.4. The number of ether oxygens (including phenoxy) is 2. The molecule has 7 heteroatoms. The van der Waals surface area contributed by atoms with Crippen molar-refractivity contribution in [3.8, 4) is 11.6 Å². The minimum atomic E-state index is -0.456. The van der Waals surface area contributed by atoms with E-state index in [2.05, 4.69) is 15.3 Å². The second kappa shape index (κ2) is 9.55.